The minimum atomic E-state index is -0.752. The standard InChI is InChI=1S/C21H25N3O4/c1-14(2)19(24-21(27)28-13-16-7-5-4-6-8-16)20(26)23-18-11-9-17(10-12-18)22-15(3)25/h4-12,14,19H,13H2,1-3H3,(H,22,25)(H,23,26)(H,24,27)/t19-/m1/s1. The summed E-state index contributed by atoms with van der Waals surface area (Å²) in [7, 11) is 0. The fourth-order valence-electron chi connectivity index (χ4n) is 2.49. The SMILES string of the molecule is CC(=O)Nc1ccc(NC(=O)[C@H](NC(=O)OCc2ccccc2)C(C)C)cc1. The molecule has 0 saturated carbocycles. The summed E-state index contributed by atoms with van der Waals surface area (Å²) in [5.41, 5.74) is 2.06. The summed E-state index contributed by atoms with van der Waals surface area (Å²) in [6.07, 6.45) is -0.654. The highest BCUT2D eigenvalue weighted by molar-refractivity contribution is 5.97. The highest BCUT2D eigenvalue weighted by Crippen LogP contribution is 2.15. The number of rotatable bonds is 7. The van der Waals surface area contributed by atoms with Gasteiger partial charge in [-0.15, -0.1) is 0 Å². The molecule has 2 rings (SSSR count). The molecule has 0 heterocycles. The van der Waals surface area contributed by atoms with Crippen molar-refractivity contribution < 1.29 is 19.1 Å². The lowest BCUT2D eigenvalue weighted by atomic mass is 10.0. The zero-order chi connectivity index (χ0) is 20.5. The van der Waals surface area contributed by atoms with Gasteiger partial charge in [0.1, 0.15) is 12.6 Å². The lowest BCUT2D eigenvalue weighted by Crippen LogP contribution is -2.47. The number of carbonyl (C=O) groups is 3. The van der Waals surface area contributed by atoms with Gasteiger partial charge in [0.15, 0.2) is 0 Å². The second-order valence-electron chi connectivity index (χ2n) is 6.68. The molecule has 0 aliphatic rings. The molecule has 3 amide bonds. The number of nitrogens with one attached hydrogen (secondary N) is 3. The van der Waals surface area contributed by atoms with Crippen molar-refractivity contribution in [2.75, 3.05) is 10.6 Å². The summed E-state index contributed by atoms with van der Waals surface area (Å²) in [6, 6.07) is 15.3. The first kappa shape index (κ1) is 21.0. The summed E-state index contributed by atoms with van der Waals surface area (Å²) in [5.74, 6) is -0.656. The van der Waals surface area contributed by atoms with Crippen molar-refractivity contribution in [2.45, 2.75) is 33.4 Å². The first-order chi connectivity index (χ1) is 13.3. The molecular weight excluding hydrogens is 358 g/mol. The molecule has 0 radical (unpaired) electrons. The zero-order valence-corrected chi connectivity index (χ0v) is 16.2. The number of carbonyl (C=O) groups excluding carboxylic acids is 3. The summed E-state index contributed by atoms with van der Waals surface area (Å²) in [6.45, 7) is 5.22. The normalized spacial score (nSPS) is 11.4. The summed E-state index contributed by atoms with van der Waals surface area (Å²) in [5, 5.41) is 8.03. The third-order valence-corrected chi connectivity index (χ3v) is 3.91. The van der Waals surface area contributed by atoms with E-state index in [-0.39, 0.29) is 24.3 Å². The average molecular weight is 383 g/mol. The number of hydrogen-bond acceptors (Lipinski definition) is 4. The van der Waals surface area contributed by atoms with E-state index in [1.54, 1.807) is 24.3 Å². The Labute approximate surface area is 164 Å². The second-order valence-corrected chi connectivity index (χ2v) is 6.68. The molecule has 148 valence electrons. The van der Waals surface area contributed by atoms with Crippen LogP contribution < -0.4 is 16.0 Å². The average Bonchev–Trinajstić information content (AvgIpc) is 2.66. The van der Waals surface area contributed by atoms with Crippen LogP contribution in [0, 0.1) is 5.92 Å². The van der Waals surface area contributed by atoms with E-state index in [4.69, 9.17) is 4.74 Å². The van der Waals surface area contributed by atoms with Crippen LogP contribution in [0.1, 0.15) is 26.3 Å². The summed E-state index contributed by atoms with van der Waals surface area (Å²) in [4.78, 5) is 35.7. The maximum absolute atomic E-state index is 12.6. The van der Waals surface area contributed by atoms with Crippen LogP contribution in [0.25, 0.3) is 0 Å². The van der Waals surface area contributed by atoms with Crippen LogP contribution in [0.4, 0.5) is 16.2 Å². The van der Waals surface area contributed by atoms with E-state index in [2.05, 4.69) is 16.0 Å². The predicted molar refractivity (Wildman–Crippen MR) is 108 cm³/mol. The molecule has 7 nitrogen and oxygen atoms in total. The number of anilines is 2. The van der Waals surface area contributed by atoms with E-state index in [0.29, 0.717) is 11.4 Å². The van der Waals surface area contributed by atoms with Gasteiger partial charge < -0.3 is 20.7 Å². The van der Waals surface area contributed by atoms with Crippen molar-refractivity contribution in [2.24, 2.45) is 5.92 Å². The Morgan fingerprint density at radius 3 is 2.00 bits per heavy atom. The Bertz CT molecular complexity index is 804. The van der Waals surface area contributed by atoms with Gasteiger partial charge in [0, 0.05) is 18.3 Å². The molecule has 0 aliphatic carbocycles. The third kappa shape index (κ3) is 6.75. The van der Waals surface area contributed by atoms with Gasteiger partial charge in [-0.2, -0.15) is 0 Å². The summed E-state index contributed by atoms with van der Waals surface area (Å²) < 4.78 is 5.19. The molecule has 3 N–H and O–H groups in total. The van der Waals surface area contributed by atoms with Crippen LogP contribution in [0.5, 0.6) is 0 Å². The van der Waals surface area contributed by atoms with Crippen molar-refractivity contribution >= 4 is 29.3 Å². The fraction of sp³-hybridized carbons (Fsp3) is 0.286. The number of ether oxygens (including phenoxy) is 1. The van der Waals surface area contributed by atoms with Crippen molar-refractivity contribution in [1.82, 2.24) is 5.32 Å². The van der Waals surface area contributed by atoms with Crippen LogP contribution in [0.3, 0.4) is 0 Å². The molecule has 0 aromatic heterocycles. The van der Waals surface area contributed by atoms with Crippen LogP contribution in [0.2, 0.25) is 0 Å². The van der Waals surface area contributed by atoms with Crippen LogP contribution >= 0.6 is 0 Å². The molecule has 2 aromatic rings. The van der Waals surface area contributed by atoms with Gasteiger partial charge in [-0.1, -0.05) is 44.2 Å². The molecule has 7 heteroatoms. The van der Waals surface area contributed by atoms with Gasteiger partial charge in [-0.3, -0.25) is 9.59 Å². The van der Waals surface area contributed by atoms with Gasteiger partial charge in [0.25, 0.3) is 0 Å². The Hall–Kier alpha value is -3.35. The smallest absolute Gasteiger partial charge is 0.408 e. The van der Waals surface area contributed by atoms with E-state index in [1.165, 1.54) is 6.92 Å². The van der Waals surface area contributed by atoms with E-state index in [1.807, 2.05) is 44.2 Å². The quantitative estimate of drug-likeness (QED) is 0.681. The molecular formula is C21H25N3O4. The van der Waals surface area contributed by atoms with Crippen molar-refractivity contribution in [3.8, 4) is 0 Å². The van der Waals surface area contributed by atoms with Crippen molar-refractivity contribution in [1.29, 1.82) is 0 Å². The van der Waals surface area contributed by atoms with E-state index in [0.717, 1.165) is 5.56 Å². The van der Waals surface area contributed by atoms with E-state index < -0.39 is 12.1 Å². The Morgan fingerprint density at radius 2 is 1.46 bits per heavy atom. The van der Waals surface area contributed by atoms with Gasteiger partial charge >= 0.3 is 6.09 Å². The molecule has 28 heavy (non-hydrogen) atoms. The van der Waals surface area contributed by atoms with E-state index >= 15 is 0 Å². The Kier molecular flexibility index (Phi) is 7.56. The number of amides is 3. The molecule has 2 aromatic carbocycles. The third-order valence-electron chi connectivity index (χ3n) is 3.91. The summed E-state index contributed by atoms with van der Waals surface area (Å²) >= 11 is 0. The largest absolute Gasteiger partial charge is 0.445 e. The highest BCUT2D eigenvalue weighted by atomic mass is 16.5. The van der Waals surface area contributed by atoms with Gasteiger partial charge in [0.2, 0.25) is 11.8 Å². The monoisotopic (exact) mass is 383 g/mol. The lowest BCUT2D eigenvalue weighted by Gasteiger charge is -2.21. The molecule has 0 aliphatic heterocycles. The maximum atomic E-state index is 12.6. The Morgan fingerprint density at radius 1 is 0.893 bits per heavy atom. The molecule has 0 unspecified atom stereocenters. The molecule has 0 saturated heterocycles. The Balaban J connectivity index is 1.91. The second kappa shape index (κ2) is 10.1. The lowest BCUT2D eigenvalue weighted by molar-refractivity contribution is -0.119. The molecule has 1 atom stereocenters. The number of hydrogen-bond donors (Lipinski definition) is 3. The molecule has 0 fully saturated rings. The highest BCUT2D eigenvalue weighted by Gasteiger charge is 2.25. The topological polar surface area (TPSA) is 96.5 Å². The first-order valence-electron chi connectivity index (χ1n) is 9.01. The van der Waals surface area contributed by atoms with Crippen LogP contribution in [-0.4, -0.2) is 23.9 Å². The maximum Gasteiger partial charge on any atom is 0.408 e. The van der Waals surface area contributed by atoms with E-state index in [9.17, 15) is 14.4 Å². The minimum Gasteiger partial charge on any atom is -0.445 e. The van der Waals surface area contributed by atoms with Gasteiger partial charge in [-0.05, 0) is 35.7 Å². The minimum absolute atomic E-state index is 0.129. The van der Waals surface area contributed by atoms with Gasteiger partial charge in [0.05, 0.1) is 0 Å². The molecule has 0 bridgehead atoms. The van der Waals surface area contributed by atoms with Gasteiger partial charge in [-0.25, -0.2) is 4.79 Å². The predicted octanol–water partition coefficient (Wildman–Crippen LogP) is 3.53. The molecule has 0 spiro atoms. The zero-order valence-electron chi connectivity index (χ0n) is 16.2. The van der Waals surface area contributed by atoms with Crippen LogP contribution in [-0.2, 0) is 20.9 Å². The van der Waals surface area contributed by atoms with Crippen molar-refractivity contribution in [3.63, 3.8) is 0 Å². The van der Waals surface area contributed by atoms with Crippen molar-refractivity contribution in [3.05, 3.63) is 60.2 Å². The number of alkyl carbamates (subject to hydrolysis) is 1. The fourth-order valence-corrected chi connectivity index (χ4v) is 2.49. The number of benzene rings is 2. The van der Waals surface area contributed by atoms with Crippen LogP contribution in [0.15, 0.2) is 54.6 Å². The first-order valence-corrected chi connectivity index (χ1v) is 9.01.